The van der Waals surface area contributed by atoms with Gasteiger partial charge in [0.05, 0.1) is 17.5 Å². The first-order chi connectivity index (χ1) is 7.25. The van der Waals surface area contributed by atoms with Gasteiger partial charge >= 0.3 is 0 Å². The van der Waals surface area contributed by atoms with Crippen LogP contribution in [0.4, 0.5) is 5.69 Å². The van der Waals surface area contributed by atoms with Crippen LogP contribution in [0, 0.1) is 0 Å². The SMILES string of the molecule is Oc1ccc(N=Cc2ccoc2O)cc1. The maximum Gasteiger partial charge on any atom is 0.290 e. The molecule has 2 rings (SSSR count). The van der Waals surface area contributed by atoms with Crippen molar-refractivity contribution in [3.63, 3.8) is 0 Å². The summed E-state index contributed by atoms with van der Waals surface area (Å²) in [7, 11) is 0. The fourth-order valence-corrected chi connectivity index (χ4v) is 1.09. The summed E-state index contributed by atoms with van der Waals surface area (Å²) >= 11 is 0. The first kappa shape index (κ1) is 9.33. The normalized spacial score (nSPS) is 10.9. The maximum absolute atomic E-state index is 9.17. The van der Waals surface area contributed by atoms with Crippen LogP contribution in [0.5, 0.6) is 11.7 Å². The summed E-state index contributed by atoms with van der Waals surface area (Å²) in [5, 5.41) is 18.2. The average Bonchev–Trinajstić information content (AvgIpc) is 2.63. The van der Waals surface area contributed by atoms with Gasteiger partial charge in [-0.15, -0.1) is 0 Å². The standard InChI is InChI=1S/C11H9NO3/c13-10-3-1-9(2-4-10)12-7-8-5-6-15-11(8)14/h1-7,13-14H. The number of phenolic OH excluding ortho intramolecular Hbond substituents is 1. The summed E-state index contributed by atoms with van der Waals surface area (Å²) in [4.78, 5) is 4.09. The molecule has 4 nitrogen and oxygen atoms in total. The lowest BCUT2D eigenvalue weighted by Gasteiger charge is -1.93. The summed E-state index contributed by atoms with van der Waals surface area (Å²) in [6.07, 6.45) is 2.87. The topological polar surface area (TPSA) is 66.0 Å². The van der Waals surface area contributed by atoms with Crippen LogP contribution in [-0.2, 0) is 0 Å². The van der Waals surface area contributed by atoms with Crippen LogP contribution in [0.1, 0.15) is 5.56 Å². The maximum atomic E-state index is 9.17. The minimum atomic E-state index is -0.155. The highest BCUT2D eigenvalue weighted by molar-refractivity contribution is 5.84. The van der Waals surface area contributed by atoms with Crippen molar-refractivity contribution in [3.05, 3.63) is 42.2 Å². The highest BCUT2D eigenvalue weighted by Gasteiger charge is 1.99. The molecule has 0 aliphatic carbocycles. The average molecular weight is 203 g/mol. The van der Waals surface area contributed by atoms with Gasteiger partial charge in [-0.1, -0.05) is 0 Å². The zero-order chi connectivity index (χ0) is 10.7. The van der Waals surface area contributed by atoms with E-state index in [1.807, 2.05) is 0 Å². The number of phenols is 1. The molecule has 76 valence electrons. The summed E-state index contributed by atoms with van der Waals surface area (Å²) < 4.78 is 4.70. The van der Waals surface area contributed by atoms with E-state index >= 15 is 0 Å². The van der Waals surface area contributed by atoms with Crippen LogP contribution in [0.15, 0.2) is 46.0 Å². The van der Waals surface area contributed by atoms with Crippen molar-refractivity contribution in [2.45, 2.75) is 0 Å². The van der Waals surface area contributed by atoms with E-state index in [0.717, 1.165) is 0 Å². The van der Waals surface area contributed by atoms with Crippen molar-refractivity contribution in [3.8, 4) is 11.7 Å². The summed E-state index contributed by atoms with van der Waals surface area (Å²) in [6, 6.07) is 8.04. The van der Waals surface area contributed by atoms with Crippen LogP contribution < -0.4 is 0 Å². The molecular weight excluding hydrogens is 194 g/mol. The Hall–Kier alpha value is -2.23. The molecule has 2 aromatic rings. The van der Waals surface area contributed by atoms with Crippen LogP contribution in [0.3, 0.4) is 0 Å². The second-order valence-corrected chi connectivity index (χ2v) is 2.96. The predicted octanol–water partition coefficient (Wildman–Crippen LogP) is 2.44. The van der Waals surface area contributed by atoms with Gasteiger partial charge in [0.2, 0.25) is 0 Å². The molecule has 0 aliphatic heterocycles. The monoisotopic (exact) mass is 203 g/mol. The van der Waals surface area contributed by atoms with Gasteiger partial charge in [-0.2, -0.15) is 0 Å². The Kier molecular flexibility index (Phi) is 2.41. The van der Waals surface area contributed by atoms with Gasteiger partial charge in [0.1, 0.15) is 5.75 Å². The number of hydrogen-bond donors (Lipinski definition) is 2. The molecule has 0 radical (unpaired) electrons. The molecule has 0 saturated heterocycles. The minimum Gasteiger partial charge on any atom is -0.508 e. The smallest absolute Gasteiger partial charge is 0.290 e. The molecule has 0 unspecified atom stereocenters. The highest BCUT2D eigenvalue weighted by atomic mass is 16.5. The Morgan fingerprint density at radius 3 is 2.40 bits per heavy atom. The molecule has 1 heterocycles. The Morgan fingerprint density at radius 1 is 1.07 bits per heavy atom. The molecule has 1 aromatic carbocycles. The fourth-order valence-electron chi connectivity index (χ4n) is 1.09. The third-order valence-electron chi connectivity index (χ3n) is 1.88. The number of aromatic hydroxyl groups is 2. The molecule has 0 spiro atoms. The van der Waals surface area contributed by atoms with Crippen molar-refractivity contribution in [2.24, 2.45) is 4.99 Å². The van der Waals surface area contributed by atoms with Crippen molar-refractivity contribution in [2.75, 3.05) is 0 Å². The zero-order valence-corrected chi connectivity index (χ0v) is 7.79. The zero-order valence-electron chi connectivity index (χ0n) is 7.79. The summed E-state index contributed by atoms with van der Waals surface area (Å²) in [6.45, 7) is 0. The molecule has 0 aliphatic rings. The van der Waals surface area contributed by atoms with Gasteiger partial charge in [0.15, 0.2) is 0 Å². The van der Waals surface area contributed by atoms with Gasteiger partial charge in [0.25, 0.3) is 5.95 Å². The largest absolute Gasteiger partial charge is 0.508 e. The number of furan rings is 1. The number of nitrogens with zero attached hydrogens (tertiary/aromatic N) is 1. The highest BCUT2D eigenvalue weighted by Crippen LogP contribution is 2.19. The molecule has 0 fully saturated rings. The van der Waals surface area contributed by atoms with Crippen molar-refractivity contribution >= 4 is 11.9 Å². The Bertz CT molecular complexity index is 471. The van der Waals surface area contributed by atoms with E-state index < -0.39 is 0 Å². The quantitative estimate of drug-likeness (QED) is 0.736. The van der Waals surface area contributed by atoms with Gasteiger partial charge in [0, 0.05) is 6.21 Å². The summed E-state index contributed by atoms with van der Waals surface area (Å²) in [5.74, 6) is 0.0395. The third-order valence-corrected chi connectivity index (χ3v) is 1.88. The number of aliphatic imine (C=N–C) groups is 1. The number of hydrogen-bond acceptors (Lipinski definition) is 4. The Balaban J connectivity index is 2.19. The first-order valence-corrected chi connectivity index (χ1v) is 4.35. The molecule has 0 saturated carbocycles. The van der Waals surface area contributed by atoms with E-state index in [4.69, 9.17) is 9.52 Å². The van der Waals surface area contributed by atoms with Crippen LogP contribution in [0.25, 0.3) is 0 Å². The Morgan fingerprint density at radius 2 is 1.80 bits per heavy atom. The van der Waals surface area contributed by atoms with Crippen molar-refractivity contribution < 1.29 is 14.6 Å². The lowest BCUT2D eigenvalue weighted by Crippen LogP contribution is -1.75. The van der Waals surface area contributed by atoms with Gasteiger partial charge in [-0.25, -0.2) is 0 Å². The van der Waals surface area contributed by atoms with Crippen LogP contribution in [0.2, 0.25) is 0 Å². The molecule has 0 bridgehead atoms. The number of rotatable bonds is 2. The minimum absolute atomic E-state index is 0.155. The van der Waals surface area contributed by atoms with E-state index in [0.29, 0.717) is 11.3 Å². The van der Waals surface area contributed by atoms with E-state index in [9.17, 15) is 5.11 Å². The molecule has 0 atom stereocenters. The lowest BCUT2D eigenvalue weighted by atomic mass is 10.3. The fraction of sp³-hybridized carbons (Fsp3) is 0. The van der Waals surface area contributed by atoms with E-state index in [1.54, 1.807) is 30.3 Å². The second-order valence-electron chi connectivity index (χ2n) is 2.96. The van der Waals surface area contributed by atoms with Crippen molar-refractivity contribution in [1.82, 2.24) is 0 Å². The molecule has 0 amide bonds. The molecule has 15 heavy (non-hydrogen) atoms. The second kappa shape index (κ2) is 3.88. The third kappa shape index (κ3) is 2.17. The molecule has 4 heteroatoms. The molecule has 2 N–H and O–H groups in total. The number of benzene rings is 1. The Labute approximate surface area is 86.1 Å². The van der Waals surface area contributed by atoms with Crippen LogP contribution >= 0.6 is 0 Å². The van der Waals surface area contributed by atoms with E-state index in [1.165, 1.54) is 12.5 Å². The lowest BCUT2D eigenvalue weighted by molar-refractivity contribution is 0.332. The van der Waals surface area contributed by atoms with E-state index in [2.05, 4.69) is 4.99 Å². The van der Waals surface area contributed by atoms with E-state index in [-0.39, 0.29) is 11.7 Å². The predicted molar refractivity (Wildman–Crippen MR) is 55.7 cm³/mol. The molecule has 1 aromatic heterocycles. The molecular formula is C11H9NO3. The summed E-state index contributed by atoms with van der Waals surface area (Å²) in [5.41, 5.74) is 1.21. The van der Waals surface area contributed by atoms with Crippen molar-refractivity contribution in [1.29, 1.82) is 0 Å². The van der Waals surface area contributed by atoms with Crippen LogP contribution in [-0.4, -0.2) is 16.4 Å². The van der Waals surface area contributed by atoms with Gasteiger partial charge < -0.3 is 14.6 Å². The first-order valence-electron chi connectivity index (χ1n) is 4.35. The van der Waals surface area contributed by atoms with Gasteiger partial charge in [-0.3, -0.25) is 4.99 Å². The van der Waals surface area contributed by atoms with Gasteiger partial charge in [-0.05, 0) is 30.3 Å².